The molecular weight excluding hydrogens is 418 g/mol. The number of hydrogen-bond donors (Lipinski definition) is 0. The first-order valence-electron chi connectivity index (χ1n) is 11.9. The molecule has 0 spiro atoms. The van der Waals surface area contributed by atoms with Gasteiger partial charge >= 0.3 is 0 Å². The van der Waals surface area contributed by atoms with Crippen LogP contribution in [0.3, 0.4) is 0 Å². The van der Waals surface area contributed by atoms with E-state index < -0.39 is 0 Å². The Labute approximate surface area is 199 Å². The van der Waals surface area contributed by atoms with Crippen LogP contribution in [0.4, 0.5) is 0 Å². The van der Waals surface area contributed by atoms with Crippen molar-refractivity contribution < 1.29 is 9.47 Å². The Balaban J connectivity index is 1.47. The molecule has 5 aromatic carbocycles. The number of benzene rings is 5. The summed E-state index contributed by atoms with van der Waals surface area (Å²) in [6.07, 6.45) is 0.937. The smallest absolute Gasteiger partial charge is 0.180 e. The quantitative estimate of drug-likeness (QED) is 0.292. The first kappa shape index (κ1) is 19.6. The Morgan fingerprint density at radius 2 is 1.59 bits per heavy atom. The van der Waals surface area contributed by atoms with Crippen molar-refractivity contribution in [1.29, 1.82) is 0 Å². The molecule has 0 aromatic heterocycles. The lowest BCUT2D eigenvalue weighted by Gasteiger charge is -2.46. The number of rotatable bonds is 2. The second-order valence-electron chi connectivity index (χ2n) is 9.23. The maximum atomic E-state index is 6.75. The van der Waals surface area contributed by atoms with E-state index in [-0.39, 0.29) is 12.3 Å². The molecule has 7 rings (SSSR count). The summed E-state index contributed by atoms with van der Waals surface area (Å²) in [6.45, 7) is 0.954. The van der Waals surface area contributed by atoms with Gasteiger partial charge in [-0.3, -0.25) is 4.90 Å². The van der Waals surface area contributed by atoms with Crippen LogP contribution in [0.5, 0.6) is 11.5 Å². The number of fused-ring (bicyclic) bond motifs is 7. The van der Waals surface area contributed by atoms with Crippen molar-refractivity contribution in [3.8, 4) is 11.5 Å². The molecule has 2 unspecified atom stereocenters. The number of ether oxygens (including phenoxy) is 2. The summed E-state index contributed by atoms with van der Waals surface area (Å²) in [5.74, 6) is 1.87. The molecule has 2 atom stereocenters. The lowest BCUT2D eigenvalue weighted by molar-refractivity contribution is -0.0260. The van der Waals surface area contributed by atoms with Crippen LogP contribution in [-0.4, -0.2) is 18.6 Å². The third-order valence-electron chi connectivity index (χ3n) is 7.42. The van der Waals surface area contributed by atoms with Crippen LogP contribution in [0.1, 0.15) is 34.5 Å². The zero-order valence-electron chi connectivity index (χ0n) is 19.1. The molecule has 34 heavy (non-hydrogen) atoms. The van der Waals surface area contributed by atoms with Crippen molar-refractivity contribution in [3.63, 3.8) is 0 Å². The normalized spacial score (nSPS) is 19.2. The SMILES string of the molecule is COc1ccc2cc(C3c4c(ccc5ccccc45)OC4c5ccccc5CCN43)ccc2c1. The topological polar surface area (TPSA) is 21.7 Å². The number of nitrogens with zero attached hydrogens (tertiary/aromatic N) is 1. The lowest BCUT2D eigenvalue weighted by atomic mass is 9.86. The third kappa shape index (κ3) is 2.94. The third-order valence-corrected chi connectivity index (χ3v) is 7.42. The van der Waals surface area contributed by atoms with E-state index in [9.17, 15) is 0 Å². The summed E-state index contributed by atoms with van der Waals surface area (Å²) < 4.78 is 12.2. The highest BCUT2D eigenvalue weighted by atomic mass is 16.5. The molecule has 3 nitrogen and oxygen atoms in total. The Bertz CT molecular complexity index is 1560. The van der Waals surface area contributed by atoms with Crippen LogP contribution in [0.15, 0.2) is 97.1 Å². The molecular formula is C31H25NO2. The van der Waals surface area contributed by atoms with Gasteiger partial charge in [-0.2, -0.15) is 0 Å². The molecule has 2 aliphatic rings. The van der Waals surface area contributed by atoms with E-state index in [0.717, 1.165) is 24.5 Å². The second-order valence-corrected chi connectivity index (χ2v) is 9.23. The van der Waals surface area contributed by atoms with Gasteiger partial charge in [-0.15, -0.1) is 0 Å². The van der Waals surface area contributed by atoms with Crippen molar-refractivity contribution >= 4 is 21.5 Å². The zero-order valence-corrected chi connectivity index (χ0v) is 19.1. The summed E-state index contributed by atoms with van der Waals surface area (Å²) in [4.78, 5) is 2.54. The van der Waals surface area contributed by atoms with Crippen LogP contribution < -0.4 is 9.47 Å². The fourth-order valence-electron chi connectivity index (χ4n) is 5.79. The fourth-order valence-corrected chi connectivity index (χ4v) is 5.79. The molecule has 0 bridgehead atoms. The van der Waals surface area contributed by atoms with Gasteiger partial charge < -0.3 is 9.47 Å². The van der Waals surface area contributed by atoms with Gasteiger partial charge in [0.2, 0.25) is 0 Å². The summed E-state index contributed by atoms with van der Waals surface area (Å²) >= 11 is 0. The molecule has 0 aliphatic carbocycles. The highest BCUT2D eigenvalue weighted by molar-refractivity contribution is 5.90. The fraction of sp³-hybridized carbons (Fsp3) is 0.161. The standard InChI is InChI=1S/C31H25NO2/c1-33-25-14-12-22-18-24(11-10-23(22)19-25)30-29-26-8-4-2-6-20(26)13-15-28(29)34-31-27-9-5-3-7-21(27)16-17-32(30)31/h2-15,18-19,30-31H,16-17H2,1H3. The maximum absolute atomic E-state index is 6.75. The van der Waals surface area contributed by atoms with Gasteiger partial charge in [0.15, 0.2) is 6.23 Å². The van der Waals surface area contributed by atoms with Crippen molar-refractivity contribution in [3.05, 3.63) is 119 Å². The molecule has 166 valence electrons. The van der Waals surface area contributed by atoms with Gasteiger partial charge in [0.25, 0.3) is 0 Å². The van der Waals surface area contributed by atoms with Gasteiger partial charge in [0.1, 0.15) is 11.5 Å². The summed E-state index contributed by atoms with van der Waals surface area (Å²) in [5, 5.41) is 4.92. The van der Waals surface area contributed by atoms with Crippen LogP contribution in [-0.2, 0) is 6.42 Å². The van der Waals surface area contributed by atoms with Crippen LogP contribution >= 0.6 is 0 Å². The molecule has 3 heteroatoms. The molecule has 0 saturated heterocycles. The molecule has 5 aromatic rings. The number of hydrogen-bond acceptors (Lipinski definition) is 3. The average molecular weight is 444 g/mol. The van der Waals surface area contributed by atoms with Gasteiger partial charge in [-0.05, 0) is 63.4 Å². The minimum Gasteiger partial charge on any atom is -0.497 e. The van der Waals surface area contributed by atoms with Crippen molar-refractivity contribution in [2.45, 2.75) is 18.7 Å². The monoisotopic (exact) mass is 443 g/mol. The van der Waals surface area contributed by atoms with Gasteiger partial charge in [0.05, 0.1) is 13.2 Å². The Kier molecular flexibility index (Phi) is 4.39. The van der Waals surface area contributed by atoms with Crippen LogP contribution in [0.2, 0.25) is 0 Å². The molecule has 2 aliphatic heterocycles. The predicted octanol–water partition coefficient (Wildman–Crippen LogP) is 7.04. The molecule has 0 amide bonds. The van der Waals surface area contributed by atoms with Gasteiger partial charge in [-0.25, -0.2) is 0 Å². The summed E-state index contributed by atoms with van der Waals surface area (Å²) in [6, 6.07) is 35.0. The highest BCUT2D eigenvalue weighted by Crippen LogP contribution is 2.50. The van der Waals surface area contributed by atoms with Crippen LogP contribution in [0.25, 0.3) is 21.5 Å². The zero-order chi connectivity index (χ0) is 22.6. The molecule has 0 saturated carbocycles. The van der Waals surface area contributed by atoms with Crippen molar-refractivity contribution in [1.82, 2.24) is 4.90 Å². The molecule has 0 radical (unpaired) electrons. The number of methoxy groups -OCH3 is 1. The molecule has 0 N–H and O–H groups in total. The van der Waals surface area contributed by atoms with Gasteiger partial charge in [0, 0.05) is 17.7 Å². The van der Waals surface area contributed by atoms with E-state index in [2.05, 4.69) is 95.9 Å². The Hall–Kier alpha value is -3.82. The molecule has 2 heterocycles. The van der Waals surface area contributed by atoms with E-state index in [0.29, 0.717) is 0 Å². The minimum absolute atomic E-state index is 0.0878. The maximum Gasteiger partial charge on any atom is 0.180 e. The molecule has 0 fully saturated rings. The summed E-state index contributed by atoms with van der Waals surface area (Å²) in [5.41, 5.74) is 5.23. The first-order chi connectivity index (χ1) is 16.8. The van der Waals surface area contributed by atoms with Crippen LogP contribution in [0, 0.1) is 0 Å². The van der Waals surface area contributed by atoms with Gasteiger partial charge in [-0.1, -0.05) is 72.8 Å². The van der Waals surface area contributed by atoms with E-state index >= 15 is 0 Å². The largest absolute Gasteiger partial charge is 0.497 e. The van der Waals surface area contributed by atoms with E-state index in [4.69, 9.17) is 9.47 Å². The minimum atomic E-state index is -0.0878. The van der Waals surface area contributed by atoms with E-state index in [1.54, 1.807) is 7.11 Å². The predicted molar refractivity (Wildman–Crippen MR) is 137 cm³/mol. The van der Waals surface area contributed by atoms with E-state index in [1.807, 2.05) is 6.07 Å². The van der Waals surface area contributed by atoms with E-state index in [1.165, 1.54) is 43.8 Å². The lowest BCUT2D eigenvalue weighted by Crippen LogP contribution is -2.44. The highest BCUT2D eigenvalue weighted by Gasteiger charge is 2.41. The van der Waals surface area contributed by atoms with Crippen molar-refractivity contribution in [2.24, 2.45) is 0 Å². The first-order valence-corrected chi connectivity index (χ1v) is 11.9. The Morgan fingerprint density at radius 3 is 2.53 bits per heavy atom. The Morgan fingerprint density at radius 1 is 0.794 bits per heavy atom. The summed E-state index contributed by atoms with van der Waals surface area (Å²) in [7, 11) is 1.72. The van der Waals surface area contributed by atoms with Crippen molar-refractivity contribution in [2.75, 3.05) is 13.7 Å². The average Bonchev–Trinajstić information content (AvgIpc) is 2.91. The second kappa shape index (κ2) is 7.61.